The summed E-state index contributed by atoms with van der Waals surface area (Å²) in [6.45, 7) is 6.64. The van der Waals surface area contributed by atoms with Crippen molar-refractivity contribution in [2.45, 2.75) is 39.5 Å². The maximum atomic E-state index is 5.54. The van der Waals surface area contributed by atoms with E-state index in [0.717, 1.165) is 36.1 Å². The van der Waals surface area contributed by atoms with Crippen LogP contribution in [0, 0.1) is 5.92 Å². The van der Waals surface area contributed by atoms with Crippen molar-refractivity contribution in [2.75, 3.05) is 23.4 Å². The molecule has 1 aliphatic heterocycles. The van der Waals surface area contributed by atoms with E-state index in [1.807, 2.05) is 0 Å². The van der Waals surface area contributed by atoms with Gasteiger partial charge in [0.15, 0.2) is 0 Å². The second-order valence-corrected chi connectivity index (χ2v) is 6.94. The van der Waals surface area contributed by atoms with E-state index < -0.39 is 0 Å². The molecule has 1 saturated heterocycles. The fourth-order valence-corrected chi connectivity index (χ4v) is 3.87. The second-order valence-electron chi connectivity index (χ2n) is 5.82. The topological polar surface area (TPSA) is 67.1 Å². The number of anilines is 2. The number of aryl methyl sites for hydroxylation is 1. The van der Waals surface area contributed by atoms with Crippen LogP contribution in [0.5, 0.6) is 0 Å². The molecule has 0 aliphatic carbocycles. The van der Waals surface area contributed by atoms with E-state index in [-0.39, 0.29) is 0 Å². The molecule has 21 heavy (non-hydrogen) atoms. The highest BCUT2D eigenvalue weighted by atomic mass is 32.1. The van der Waals surface area contributed by atoms with Gasteiger partial charge in [-0.15, -0.1) is 11.3 Å². The van der Waals surface area contributed by atoms with E-state index in [1.165, 1.54) is 29.5 Å². The zero-order valence-electron chi connectivity index (χ0n) is 12.7. The predicted molar refractivity (Wildman–Crippen MR) is 89.8 cm³/mol. The van der Waals surface area contributed by atoms with Crippen LogP contribution in [0.2, 0.25) is 0 Å². The molecule has 0 bridgehead atoms. The van der Waals surface area contributed by atoms with Gasteiger partial charge >= 0.3 is 0 Å². The van der Waals surface area contributed by atoms with Crippen molar-refractivity contribution in [2.24, 2.45) is 11.8 Å². The molecule has 1 atom stereocenters. The fraction of sp³-hybridized carbons (Fsp3) is 0.600. The molecule has 0 radical (unpaired) electrons. The average molecular weight is 305 g/mol. The van der Waals surface area contributed by atoms with Crippen LogP contribution in [-0.2, 0) is 6.42 Å². The van der Waals surface area contributed by atoms with Crippen molar-refractivity contribution in [3.8, 4) is 0 Å². The molecule has 2 aromatic rings. The van der Waals surface area contributed by atoms with E-state index in [4.69, 9.17) is 5.84 Å². The number of nitrogens with zero attached hydrogens (tertiary/aromatic N) is 3. The van der Waals surface area contributed by atoms with Gasteiger partial charge < -0.3 is 4.90 Å². The van der Waals surface area contributed by atoms with Gasteiger partial charge in [-0.25, -0.2) is 10.8 Å². The summed E-state index contributed by atoms with van der Waals surface area (Å²) in [4.78, 5) is 13.9. The van der Waals surface area contributed by atoms with Crippen LogP contribution in [0.1, 0.15) is 38.0 Å². The summed E-state index contributed by atoms with van der Waals surface area (Å²) in [5.74, 6) is 7.89. The number of nitrogens with two attached hydrogens (primary N) is 1. The third kappa shape index (κ3) is 2.96. The van der Waals surface area contributed by atoms with Crippen LogP contribution < -0.4 is 16.2 Å². The standard InChI is InChI=1S/C15H23N5S/c1-3-11-9-12-13(17-15(19-16)18-14(12)21-11)20-7-4-5-10(2)6-8-20/h9-10H,3-8,16H2,1-2H3,(H,17,18,19). The number of nitrogen functional groups attached to an aromatic ring is 1. The smallest absolute Gasteiger partial charge is 0.240 e. The summed E-state index contributed by atoms with van der Waals surface area (Å²) in [6, 6.07) is 2.24. The minimum absolute atomic E-state index is 0.513. The lowest BCUT2D eigenvalue weighted by atomic mass is 10.0. The van der Waals surface area contributed by atoms with Gasteiger partial charge in [0, 0.05) is 18.0 Å². The predicted octanol–water partition coefficient (Wildman–Crippen LogP) is 3.17. The number of hydrogen-bond donors (Lipinski definition) is 2. The third-order valence-electron chi connectivity index (χ3n) is 4.22. The quantitative estimate of drug-likeness (QED) is 0.673. The lowest BCUT2D eigenvalue weighted by Crippen LogP contribution is -2.26. The SMILES string of the molecule is CCc1cc2c(N3CCCC(C)CC3)nc(NN)nc2s1. The molecular weight excluding hydrogens is 282 g/mol. The number of hydrogen-bond acceptors (Lipinski definition) is 6. The van der Waals surface area contributed by atoms with Crippen molar-refractivity contribution in [1.82, 2.24) is 9.97 Å². The second kappa shape index (κ2) is 6.15. The van der Waals surface area contributed by atoms with Crippen molar-refractivity contribution in [3.63, 3.8) is 0 Å². The molecule has 114 valence electrons. The van der Waals surface area contributed by atoms with Gasteiger partial charge in [0.1, 0.15) is 10.6 Å². The van der Waals surface area contributed by atoms with Gasteiger partial charge in [-0.05, 0) is 37.7 Å². The van der Waals surface area contributed by atoms with E-state index in [0.29, 0.717) is 5.95 Å². The van der Waals surface area contributed by atoms with Crippen LogP contribution in [0.4, 0.5) is 11.8 Å². The summed E-state index contributed by atoms with van der Waals surface area (Å²) in [5.41, 5.74) is 2.61. The molecular formula is C15H23N5S. The first-order valence-electron chi connectivity index (χ1n) is 7.73. The molecule has 3 N–H and O–H groups in total. The molecule has 1 fully saturated rings. The van der Waals surface area contributed by atoms with Gasteiger partial charge in [-0.1, -0.05) is 13.8 Å². The van der Waals surface area contributed by atoms with Gasteiger partial charge in [0.2, 0.25) is 5.95 Å². The van der Waals surface area contributed by atoms with Gasteiger partial charge in [-0.3, -0.25) is 5.43 Å². The van der Waals surface area contributed by atoms with E-state index in [1.54, 1.807) is 11.3 Å². The Hall–Kier alpha value is -1.40. The van der Waals surface area contributed by atoms with Gasteiger partial charge in [-0.2, -0.15) is 4.98 Å². The molecule has 1 aliphatic rings. The molecule has 0 amide bonds. The highest BCUT2D eigenvalue weighted by Gasteiger charge is 2.19. The number of rotatable bonds is 3. The van der Waals surface area contributed by atoms with E-state index in [2.05, 4.69) is 40.2 Å². The first-order chi connectivity index (χ1) is 10.2. The molecule has 0 saturated carbocycles. The fourth-order valence-electron chi connectivity index (χ4n) is 2.91. The molecule has 6 heteroatoms. The highest BCUT2D eigenvalue weighted by Crippen LogP contribution is 2.33. The Bertz CT molecular complexity index is 624. The highest BCUT2D eigenvalue weighted by molar-refractivity contribution is 7.18. The summed E-state index contributed by atoms with van der Waals surface area (Å²) >= 11 is 1.74. The van der Waals surface area contributed by atoms with Crippen LogP contribution in [0.15, 0.2) is 6.07 Å². The third-order valence-corrected chi connectivity index (χ3v) is 5.39. The van der Waals surface area contributed by atoms with Gasteiger partial charge in [0.25, 0.3) is 0 Å². The first kappa shape index (κ1) is 14.5. The number of nitrogens with one attached hydrogen (secondary N) is 1. The lowest BCUT2D eigenvalue weighted by Gasteiger charge is -2.22. The molecule has 2 aromatic heterocycles. The number of aromatic nitrogens is 2. The minimum atomic E-state index is 0.513. The Kier molecular flexibility index (Phi) is 4.26. The zero-order valence-corrected chi connectivity index (χ0v) is 13.5. The Morgan fingerprint density at radius 3 is 3.00 bits per heavy atom. The maximum absolute atomic E-state index is 5.54. The Balaban J connectivity index is 2.04. The first-order valence-corrected chi connectivity index (χ1v) is 8.55. The van der Waals surface area contributed by atoms with Crippen LogP contribution >= 0.6 is 11.3 Å². The van der Waals surface area contributed by atoms with Crippen molar-refractivity contribution < 1.29 is 0 Å². The molecule has 0 aromatic carbocycles. The van der Waals surface area contributed by atoms with E-state index >= 15 is 0 Å². The Labute approximate surface area is 129 Å². The normalized spacial score (nSPS) is 19.8. The molecule has 3 heterocycles. The Morgan fingerprint density at radius 1 is 1.38 bits per heavy atom. The molecule has 3 rings (SSSR count). The average Bonchev–Trinajstić information content (AvgIpc) is 2.80. The molecule has 0 spiro atoms. The van der Waals surface area contributed by atoms with Gasteiger partial charge in [0.05, 0.1) is 5.39 Å². The minimum Gasteiger partial charge on any atom is -0.356 e. The van der Waals surface area contributed by atoms with Crippen LogP contribution in [0.25, 0.3) is 10.2 Å². The van der Waals surface area contributed by atoms with Crippen LogP contribution in [-0.4, -0.2) is 23.1 Å². The number of thiophene rings is 1. The summed E-state index contributed by atoms with van der Waals surface area (Å²) in [7, 11) is 0. The molecule has 5 nitrogen and oxygen atoms in total. The van der Waals surface area contributed by atoms with E-state index in [9.17, 15) is 0 Å². The number of fused-ring (bicyclic) bond motifs is 1. The summed E-state index contributed by atoms with van der Waals surface area (Å²) in [5, 5.41) is 1.17. The van der Waals surface area contributed by atoms with Crippen molar-refractivity contribution in [3.05, 3.63) is 10.9 Å². The summed E-state index contributed by atoms with van der Waals surface area (Å²) < 4.78 is 0. The maximum Gasteiger partial charge on any atom is 0.240 e. The monoisotopic (exact) mass is 305 g/mol. The van der Waals surface area contributed by atoms with Crippen LogP contribution in [0.3, 0.4) is 0 Å². The molecule has 1 unspecified atom stereocenters. The Morgan fingerprint density at radius 2 is 2.24 bits per heavy atom. The van der Waals surface area contributed by atoms with Crippen molar-refractivity contribution >= 4 is 33.3 Å². The zero-order chi connectivity index (χ0) is 14.8. The summed E-state index contributed by atoms with van der Waals surface area (Å²) in [6.07, 6.45) is 4.78. The lowest BCUT2D eigenvalue weighted by molar-refractivity contribution is 0.521. The largest absolute Gasteiger partial charge is 0.356 e. The number of hydrazine groups is 1. The van der Waals surface area contributed by atoms with Crippen molar-refractivity contribution in [1.29, 1.82) is 0 Å².